The largest absolute Gasteiger partial charge is 0.496 e. The second-order valence-corrected chi connectivity index (χ2v) is 4.88. The molecule has 0 saturated heterocycles. The summed E-state index contributed by atoms with van der Waals surface area (Å²) in [6, 6.07) is 10.4. The van der Waals surface area contributed by atoms with Crippen LogP contribution in [0.3, 0.4) is 0 Å². The fourth-order valence-electron chi connectivity index (χ4n) is 2.05. The molecule has 0 unspecified atom stereocenters. The minimum Gasteiger partial charge on any atom is -0.496 e. The lowest BCUT2D eigenvalue weighted by molar-refractivity contribution is 0.416. The Labute approximate surface area is 123 Å². The van der Waals surface area contributed by atoms with Crippen molar-refractivity contribution in [2.45, 2.75) is 13.5 Å². The van der Waals surface area contributed by atoms with Gasteiger partial charge >= 0.3 is 0 Å². The first-order valence-electron chi connectivity index (χ1n) is 6.48. The Morgan fingerprint density at radius 3 is 2.60 bits per heavy atom. The fourth-order valence-corrected chi connectivity index (χ4v) is 2.22. The van der Waals surface area contributed by atoms with Crippen molar-refractivity contribution in [2.75, 3.05) is 13.7 Å². The van der Waals surface area contributed by atoms with Gasteiger partial charge < -0.3 is 10.1 Å². The van der Waals surface area contributed by atoms with Crippen LogP contribution in [0.25, 0.3) is 11.1 Å². The molecule has 0 aliphatic heterocycles. The number of nitrogens with one attached hydrogen (secondary N) is 1. The zero-order valence-corrected chi connectivity index (χ0v) is 12.3. The van der Waals surface area contributed by atoms with Gasteiger partial charge in [-0.3, -0.25) is 0 Å². The molecule has 2 aromatic rings. The molecule has 0 bridgehead atoms. The molecule has 20 heavy (non-hydrogen) atoms. The zero-order valence-electron chi connectivity index (χ0n) is 11.5. The lowest BCUT2D eigenvalue weighted by Crippen LogP contribution is -2.11. The molecule has 0 fully saturated rings. The first-order chi connectivity index (χ1) is 9.65. The summed E-state index contributed by atoms with van der Waals surface area (Å²) in [6.45, 7) is 3.52. The highest BCUT2D eigenvalue weighted by Gasteiger charge is 2.11. The summed E-state index contributed by atoms with van der Waals surface area (Å²) in [5.74, 6) is 0.328. The summed E-state index contributed by atoms with van der Waals surface area (Å²) >= 11 is 5.99. The van der Waals surface area contributed by atoms with E-state index in [9.17, 15) is 4.39 Å². The van der Waals surface area contributed by atoms with Gasteiger partial charge in [0.1, 0.15) is 11.6 Å². The molecule has 0 amide bonds. The number of hydrogen-bond donors (Lipinski definition) is 1. The molecule has 0 heterocycles. The summed E-state index contributed by atoms with van der Waals surface area (Å²) in [7, 11) is 1.56. The summed E-state index contributed by atoms with van der Waals surface area (Å²) in [5.41, 5.74) is 2.06. The van der Waals surface area contributed by atoms with Crippen LogP contribution < -0.4 is 10.1 Å². The molecular weight excluding hydrogens is 277 g/mol. The topological polar surface area (TPSA) is 21.3 Å². The molecule has 2 nitrogen and oxygen atoms in total. The summed E-state index contributed by atoms with van der Waals surface area (Å²) in [4.78, 5) is 0. The van der Waals surface area contributed by atoms with E-state index in [0.717, 1.165) is 12.1 Å². The van der Waals surface area contributed by atoms with Crippen LogP contribution >= 0.6 is 11.6 Å². The Morgan fingerprint density at radius 2 is 1.95 bits per heavy atom. The second-order valence-electron chi connectivity index (χ2n) is 4.44. The Hall–Kier alpha value is -1.58. The number of benzene rings is 2. The van der Waals surface area contributed by atoms with Crippen molar-refractivity contribution in [3.8, 4) is 16.9 Å². The SMILES string of the molecule is CCNCc1ccc(-c2cc(Cl)ccc2OC)c(F)c1. The second kappa shape index (κ2) is 6.73. The molecule has 0 radical (unpaired) electrons. The third kappa shape index (κ3) is 3.30. The molecule has 4 heteroatoms. The van der Waals surface area contributed by atoms with E-state index in [2.05, 4.69) is 5.32 Å². The monoisotopic (exact) mass is 293 g/mol. The van der Waals surface area contributed by atoms with Crippen molar-refractivity contribution < 1.29 is 9.13 Å². The van der Waals surface area contributed by atoms with Crippen LogP contribution in [-0.2, 0) is 6.54 Å². The van der Waals surface area contributed by atoms with Crippen molar-refractivity contribution in [1.29, 1.82) is 0 Å². The van der Waals surface area contributed by atoms with E-state index in [-0.39, 0.29) is 5.82 Å². The maximum absolute atomic E-state index is 14.3. The number of hydrogen-bond acceptors (Lipinski definition) is 2. The van der Waals surface area contributed by atoms with Gasteiger partial charge in [0.05, 0.1) is 7.11 Å². The normalized spacial score (nSPS) is 10.6. The van der Waals surface area contributed by atoms with E-state index in [1.54, 1.807) is 37.4 Å². The molecule has 0 spiro atoms. The van der Waals surface area contributed by atoms with Crippen LogP contribution in [-0.4, -0.2) is 13.7 Å². The molecule has 106 valence electrons. The summed E-state index contributed by atoms with van der Waals surface area (Å²) in [6.07, 6.45) is 0. The Morgan fingerprint density at radius 1 is 1.15 bits per heavy atom. The van der Waals surface area contributed by atoms with Crippen molar-refractivity contribution in [2.24, 2.45) is 0 Å². The third-order valence-corrected chi connectivity index (χ3v) is 3.30. The van der Waals surface area contributed by atoms with E-state index < -0.39 is 0 Å². The third-order valence-electron chi connectivity index (χ3n) is 3.06. The Kier molecular flexibility index (Phi) is 4.99. The van der Waals surface area contributed by atoms with Crippen molar-refractivity contribution in [3.05, 3.63) is 52.8 Å². The summed E-state index contributed by atoms with van der Waals surface area (Å²) < 4.78 is 19.6. The maximum atomic E-state index is 14.3. The number of halogens is 2. The first-order valence-corrected chi connectivity index (χ1v) is 6.86. The van der Waals surface area contributed by atoms with Gasteiger partial charge in [0, 0.05) is 22.7 Å². The van der Waals surface area contributed by atoms with Crippen molar-refractivity contribution >= 4 is 11.6 Å². The van der Waals surface area contributed by atoms with Gasteiger partial charge in [-0.2, -0.15) is 0 Å². The molecule has 0 aliphatic carbocycles. The molecule has 0 atom stereocenters. The van der Waals surface area contributed by atoms with Crippen LogP contribution in [0.5, 0.6) is 5.75 Å². The molecule has 2 aromatic carbocycles. The smallest absolute Gasteiger partial charge is 0.131 e. The average Bonchev–Trinajstić information content (AvgIpc) is 2.45. The molecule has 1 N–H and O–H groups in total. The maximum Gasteiger partial charge on any atom is 0.131 e. The van der Waals surface area contributed by atoms with Crippen LogP contribution in [0.15, 0.2) is 36.4 Å². The molecule has 2 rings (SSSR count). The van der Waals surface area contributed by atoms with Crippen LogP contribution in [0.2, 0.25) is 5.02 Å². The van der Waals surface area contributed by atoms with E-state index in [1.165, 1.54) is 0 Å². The molecule has 0 saturated carbocycles. The first kappa shape index (κ1) is 14.8. The van der Waals surface area contributed by atoms with Crippen molar-refractivity contribution in [3.63, 3.8) is 0 Å². The predicted molar refractivity (Wildman–Crippen MR) is 80.8 cm³/mol. The Bertz CT molecular complexity index is 601. The van der Waals surface area contributed by atoms with E-state index in [1.807, 2.05) is 13.0 Å². The lowest BCUT2D eigenvalue weighted by atomic mass is 10.0. The van der Waals surface area contributed by atoms with E-state index >= 15 is 0 Å². The fraction of sp³-hybridized carbons (Fsp3) is 0.250. The molecule has 0 aliphatic rings. The minimum absolute atomic E-state index is 0.277. The summed E-state index contributed by atoms with van der Waals surface area (Å²) in [5, 5.41) is 3.72. The molecule has 0 aromatic heterocycles. The zero-order chi connectivity index (χ0) is 14.5. The predicted octanol–water partition coefficient (Wildman–Crippen LogP) is 4.26. The van der Waals surface area contributed by atoms with Gasteiger partial charge in [0.15, 0.2) is 0 Å². The van der Waals surface area contributed by atoms with Gasteiger partial charge in [-0.05, 0) is 36.4 Å². The lowest BCUT2D eigenvalue weighted by Gasteiger charge is -2.11. The van der Waals surface area contributed by atoms with Gasteiger partial charge in [0.25, 0.3) is 0 Å². The van der Waals surface area contributed by atoms with Crippen LogP contribution in [0.4, 0.5) is 4.39 Å². The van der Waals surface area contributed by atoms with Crippen LogP contribution in [0, 0.1) is 5.82 Å². The van der Waals surface area contributed by atoms with Gasteiger partial charge in [-0.25, -0.2) is 4.39 Å². The molecular formula is C16H17ClFNO. The van der Waals surface area contributed by atoms with Crippen molar-refractivity contribution in [1.82, 2.24) is 5.32 Å². The standard InChI is InChI=1S/C16H17ClFNO/c1-3-19-10-11-4-6-13(15(18)8-11)14-9-12(17)5-7-16(14)20-2/h4-9,19H,3,10H2,1-2H3. The Balaban J connectivity index is 2.40. The highest BCUT2D eigenvalue weighted by Crippen LogP contribution is 2.34. The highest BCUT2D eigenvalue weighted by atomic mass is 35.5. The van der Waals surface area contributed by atoms with Gasteiger partial charge in [-0.15, -0.1) is 0 Å². The quantitative estimate of drug-likeness (QED) is 0.889. The minimum atomic E-state index is -0.277. The number of rotatable bonds is 5. The number of methoxy groups -OCH3 is 1. The van der Waals surface area contributed by atoms with E-state index in [4.69, 9.17) is 16.3 Å². The van der Waals surface area contributed by atoms with Crippen LogP contribution in [0.1, 0.15) is 12.5 Å². The highest BCUT2D eigenvalue weighted by molar-refractivity contribution is 6.31. The van der Waals surface area contributed by atoms with E-state index in [0.29, 0.717) is 28.4 Å². The number of ether oxygens (including phenoxy) is 1. The van der Waals surface area contributed by atoms with Gasteiger partial charge in [0.2, 0.25) is 0 Å². The van der Waals surface area contributed by atoms with Gasteiger partial charge in [-0.1, -0.05) is 30.7 Å². The average molecular weight is 294 g/mol.